The van der Waals surface area contributed by atoms with Crippen molar-refractivity contribution in [2.24, 2.45) is 0 Å². The van der Waals surface area contributed by atoms with Gasteiger partial charge in [0.2, 0.25) is 5.91 Å². The molecule has 3 aromatic carbocycles. The Balaban J connectivity index is 1.59. The van der Waals surface area contributed by atoms with Crippen LogP contribution in [-0.4, -0.2) is 37.0 Å². The highest BCUT2D eigenvalue weighted by molar-refractivity contribution is 5.97. The van der Waals surface area contributed by atoms with Crippen LogP contribution >= 0.6 is 0 Å². The van der Waals surface area contributed by atoms with Gasteiger partial charge >= 0.3 is 5.97 Å². The number of hydrogen-bond donors (Lipinski definition) is 2. The van der Waals surface area contributed by atoms with E-state index in [2.05, 4.69) is 10.6 Å². The Morgan fingerprint density at radius 2 is 1.44 bits per heavy atom. The first-order valence-electron chi connectivity index (χ1n) is 10.7. The number of rotatable bonds is 11. The van der Waals surface area contributed by atoms with Crippen LogP contribution < -0.4 is 15.4 Å². The predicted octanol–water partition coefficient (Wildman–Crippen LogP) is 3.68. The van der Waals surface area contributed by atoms with E-state index >= 15 is 0 Å². The molecular formula is C26H26N2O6. The van der Waals surface area contributed by atoms with E-state index in [1.54, 1.807) is 24.3 Å². The fourth-order valence-electron chi connectivity index (χ4n) is 2.92. The minimum absolute atomic E-state index is 0.0677. The SMILES string of the molecule is CC(=O)OCC(=O)NC(COCc1ccccc1)C(=O)Nc1ccc(Oc2ccccc2)cc1. The highest BCUT2D eigenvalue weighted by Gasteiger charge is 2.22. The molecule has 1 unspecified atom stereocenters. The Labute approximate surface area is 197 Å². The number of hydrogen-bond acceptors (Lipinski definition) is 6. The summed E-state index contributed by atoms with van der Waals surface area (Å²) >= 11 is 0. The van der Waals surface area contributed by atoms with Gasteiger partial charge in [-0.2, -0.15) is 0 Å². The van der Waals surface area contributed by atoms with Gasteiger partial charge in [-0.05, 0) is 42.0 Å². The molecule has 0 heterocycles. The van der Waals surface area contributed by atoms with Gasteiger partial charge in [-0.25, -0.2) is 0 Å². The maximum Gasteiger partial charge on any atom is 0.303 e. The van der Waals surface area contributed by atoms with Crippen LogP contribution in [-0.2, 0) is 30.5 Å². The molecule has 0 aliphatic rings. The fraction of sp³-hybridized carbons (Fsp3) is 0.192. The maximum atomic E-state index is 12.9. The van der Waals surface area contributed by atoms with E-state index < -0.39 is 30.4 Å². The van der Waals surface area contributed by atoms with E-state index in [0.29, 0.717) is 17.2 Å². The van der Waals surface area contributed by atoms with Crippen molar-refractivity contribution in [3.63, 3.8) is 0 Å². The van der Waals surface area contributed by atoms with Crippen LogP contribution in [0.3, 0.4) is 0 Å². The van der Waals surface area contributed by atoms with E-state index in [1.165, 1.54) is 6.92 Å². The van der Waals surface area contributed by atoms with Crippen LogP contribution in [0.25, 0.3) is 0 Å². The third-order valence-electron chi connectivity index (χ3n) is 4.56. The monoisotopic (exact) mass is 462 g/mol. The highest BCUT2D eigenvalue weighted by atomic mass is 16.5. The molecule has 0 bridgehead atoms. The Morgan fingerprint density at radius 1 is 0.824 bits per heavy atom. The largest absolute Gasteiger partial charge is 0.457 e. The van der Waals surface area contributed by atoms with Crippen LogP contribution in [0.5, 0.6) is 11.5 Å². The molecule has 3 rings (SSSR count). The number of benzene rings is 3. The summed E-state index contributed by atoms with van der Waals surface area (Å²) in [5.74, 6) is -0.354. The normalized spacial score (nSPS) is 11.2. The topological polar surface area (TPSA) is 103 Å². The third-order valence-corrected chi connectivity index (χ3v) is 4.56. The maximum absolute atomic E-state index is 12.9. The summed E-state index contributed by atoms with van der Waals surface area (Å²) in [4.78, 5) is 35.9. The smallest absolute Gasteiger partial charge is 0.303 e. The van der Waals surface area contributed by atoms with Gasteiger partial charge in [0, 0.05) is 12.6 Å². The second-order valence-corrected chi connectivity index (χ2v) is 7.33. The summed E-state index contributed by atoms with van der Waals surface area (Å²) in [5, 5.41) is 5.30. The lowest BCUT2D eigenvalue weighted by Crippen LogP contribution is -2.48. The fourth-order valence-corrected chi connectivity index (χ4v) is 2.92. The van der Waals surface area contributed by atoms with E-state index in [1.807, 2.05) is 60.7 Å². The van der Waals surface area contributed by atoms with Gasteiger partial charge in [0.15, 0.2) is 6.61 Å². The standard InChI is InChI=1S/C26H26N2O6/c1-19(29)33-18-25(30)28-24(17-32-16-20-8-4-2-5-9-20)26(31)27-21-12-14-23(15-13-21)34-22-10-6-3-7-11-22/h2-15,24H,16-18H2,1H3,(H,27,31)(H,28,30). The average molecular weight is 463 g/mol. The summed E-state index contributed by atoms with van der Waals surface area (Å²) in [6.45, 7) is 0.923. The van der Waals surface area contributed by atoms with Crippen LogP contribution in [0.4, 0.5) is 5.69 Å². The first-order chi connectivity index (χ1) is 16.5. The molecule has 176 valence electrons. The van der Waals surface area contributed by atoms with E-state index in [0.717, 1.165) is 5.56 Å². The molecule has 0 saturated carbocycles. The molecule has 1 atom stereocenters. The van der Waals surface area contributed by atoms with Gasteiger partial charge in [-0.1, -0.05) is 48.5 Å². The van der Waals surface area contributed by atoms with Gasteiger partial charge in [0.1, 0.15) is 17.5 Å². The molecular weight excluding hydrogens is 436 g/mol. The Hall–Kier alpha value is -4.17. The molecule has 8 heteroatoms. The zero-order valence-corrected chi connectivity index (χ0v) is 18.7. The van der Waals surface area contributed by atoms with Gasteiger partial charge in [-0.3, -0.25) is 14.4 Å². The summed E-state index contributed by atoms with van der Waals surface area (Å²) < 4.78 is 16.1. The van der Waals surface area contributed by atoms with Crippen molar-refractivity contribution in [2.75, 3.05) is 18.5 Å². The third kappa shape index (κ3) is 8.40. The number of carbonyl (C=O) groups is 3. The molecule has 0 fully saturated rings. The lowest BCUT2D eigenvalue weighted by atomic mass is 10.2. The first-order valence-corrected chi connectivity index (χ1v) is 10.7. The van der Waals surface area contributed by atoms with Crippen molar-refractivity contribution in [2.45, 2.75) is 19.6 Å². The minimum Gasteiger partial charge on any atom is -0.457 e. The molecule has 0 radical (unpaired) electrons. The van der Waals surface area contributed by atoms with Gasteiger partial charge < -0.3 is 24.8 Å². The second kappa shape index (κ2) is 12.8. The zero-order valence-electron chi connectivity index (χ0n) is 18.7. The Morgan fingerprint density at radius 3 is 2.09 bits per heavy atom. The summed E-state index contributed by atoms with van der Waals surface area (Å²) in [6.07, 6.45) is 0. The van der Waals surface area contributed by atoms with Gasteiger partial charge in [0.25, 0.3) is 5.91 Å². The van der Waals surface area contributed by atoms with E-state index in [4.69, 9.17) is 14.2 Å². The number of ether oxygens (including phenoxy) is 3. The van der Waals surface area contributed by atoms with Crippen molar-refractivity contribution in [1.29, 1.82) is 0 Å². The van der Waals surface area contributed by atoms with Crippen LogP contribution in [0.15, 0.2) is 84.9 Å². The van der Waals surface area contributed by atoms with Crippen LogP contribution in [0.2, 0.25) is 0 Å². The quantitative estimate of drug-likeness (QED) is 0.422. The molecule has 0 aromatic heterocycles. The lowest BCUT2D eigenvalue weighted by molar-refractivity contribution is -0.146. The average Bonchev–Trinajstić information content (AvgIpc) is 2.84. The zero-order chi connectivity index (χ0) is 24.2. The lowest BCUT2D eigenvalue weighted by Gasteiger charge is -2.19. The van der Waals surface area contributed by atoms with Crippen molar-refractivity contribution < 1.29 is 28.6 Å². The van der Waals surface area contributed by atoms with Crippen molar-refractivity contribution in [1.82, 2.24) is 5.32 Å². The van der Waals surface area contributed by atoms with Crippen LogP contribution in [0.1, 0.15) is 12.5 Å². The number of esters is 1. The number of nitrogens with one attached hydrogen (secondary N) is 2. The van der Waals surface area contributed by atoms with E-state index in [9.17, 15) is 14.4 Å². The number of anilines is 1. The molecule has 8 nitrogen and oxygen atoms in total. The predicted molar refractivity (Wildman–Crippen MR) is 126 cm³/mol. The molecule has 34 heavy (non-hydrogen) atoms. The molecule has 0 aliphatic carbocycles. The Kier molecular flexibility index (Phi) is 9.19. The van der Waals surface area contributed by atoms with Crippen molar-refractivity contribution in [3.8, 4) is 11.5 Å². The van der Waals surface area contributed by atoms with Crippen LogP contribution in [0, 0.1) is 0 Å². The number of amides is 2. The van der Waals surface area contributed by atoms with Gasteiger partial charge in [-0.15, -0.1) is 0 Å². The number of carbonyl (C=O) groups excluding carboxylic acids is 3. The summed E-state index contributed by atoms with van der Waals surface area (Å²) in [7, 11) is 0. The molecule has 3 aromatic rings. The molecule has 2 N–H and O–H groups in total. The van der Waals surface area contributed by atoms with Crippen molar-refractivity contribution in [3.05, 3.63) is 90.5 Å². The van der Waals surface area contributed by atoms with E-state index in [-0.39, 0.29) is 13.2 Å². The summed E-state index contributed by atoms with van der Waals surface area (Å²) in [6, 6.07) is 24.6. The minimum atomic E-state index is -0.994. The molecule has 2 amide bonds. The number of para-hydroxylation sites is 1. The van der Waals surface area contributed by atoms with Crippen molar-refractivity contribution >= 4 is 23.5 Å². The Bertz CT molecular complexity index is 1070. The molecule has 0 spiro atoms. The first kappa shape index (κ1) is 24.5. The second-order valence-electron chi connectivity index (χ2n) is 7.33. The molecule has 0 aliphatic heterocycles. The van der Waals surface area contributed by atoms with Gasteiger partial charge in [0.05, 0.1) is 13.2 Å². The summed E-state index contributed by atoms with van der Waals surface area (Å²) in [5.41, 5.74) is 1.45. The highest BCUT2D eigenvalue weighted by Crippen LogP contribution is 2.22. The molecule has 0 saturated heterocycles.